The fourth-order valence-electron chi connectivity index (χ4n) is 3.29. The number of nitrogens with one attached hydrogen (secondary N) is 1. The summed E-state index contributed by atoms with van der Waals surface area (Å²) in [5, 5.41) is 3.25. The third kappa shape index (κ3) is 3.01. The van der Waals surface area contributed by atoms with Gasteiger partial charge in [-0.25, -0.2) is 4.98 Å². The second-order valence-electron chi connectivity index (χ2n) is 6.15. The van der Waals surface area contributed by atoms with Crippen LogP contribution < -0.4 is 15.0 Å². The summed E-state index contributed by atoms with van der Waals surface area (Å²) in [4.78, 5) is 11.3. The van der Waals surface area contributed by atoms with Gasteiger partial charge in [0.15, 0.2) is 0 Å². The maximum atomic E-state index is 5.26. The standard InChI is InChI=1S/C20H20N4O/c1-14-12-15-6-3-4-9-18(15)24(14)19-10-11-21-20(23-19)22-16-7-5-8-17(13-16)25-2/h3-11,13-14H,12H2,1-2H3,(H,21,22,23). The Kier molecular flexibility index (Phi) is 3.98. The molecule has 5 nitrogen and oxygen atoms in total. The van der Waals surface area contributed by atoms with Crippen molar-refractivity contribution in [3.8, 4) is 5.75 Å². The van der Waals surface area contributed by atoms with Crippen molar-refractivity contribution >= 4 is 23.1 Å². The summed E-state index contributed by atoms with van der Waals surface area (Å²) < 4.78 is 5.26. The number of rotatable bonds is 4. The van der Waals surface area contributed by atoms with E-state index in [1.165, 1.54) is 11.3 Å². The Balaban J connectivity index is 1.64. The summed E-state index contributed by atoms with van der Waals surface area (Å²) in [6.07, 6.45) is 2.82. The summed E-state index contributed by atoms with van der Waals surface area (Å²) in [6.45, 7) is 2.22. The summed E-state index contributed by atoms with van der Waals surface area (Å²) in [6, 6.07) is 18.5. The molecule has 0 fully saturated rings. The number of anilines is 4. The number of methoxy groups -OCH3 is 1. The number of ether oxygens (including phenoxy) is 1. The van der Waals surface area contributed by atoms with Gasteiger partial charge in [0.05, 0.1) is 7.11 Å². The topological polar surface area (TPSA) is 50.3 Å². The van der Waals surface area contributed by atoms with Gasteiger partial charge in [0, 0.05) is 29.7 Å². The van der Waals surface area contributed by atoms with Crippen LogP contribution in [0.15, 0.2) is 60.8 Å². The number of nitrogens with zero attached hydrogens (tertiary/aromatic N) is 3. The molecule has 126 valence electrons. The lowest BCUT2D eigenvalue weighted by Gasteiger charge is -2.24. The Bertz CT molecular complexity index is 896. The van der Waals surface area contributed by atoms with Crippen LogP contribution in [-0.4, -0.2) is 23.1 Å². The molecule has 1 atom stereocenters. The molecule has 0 aliphatic carbocycles. The van der Waals surface area contributed by atoms with E-state index in [4.69, 9.17) is 9.72 Å². The van der Waals surface area contributed by atoms with Crippen LogP contribution in [0.5, 0.6) is 5.75 Å². The minimum absolute atomic E-state index is 0.372. The minimum Gasteiger partial charge on any atom is -0.497 e. The lowest BCUT2D eigenvalue weighted by molar-refractivity contribution is 0.415. The van der Waals surface area contributed by atoms with Gasteiger partial charge in [-0.2, -0.15) is 4.98 Å². The predicted octanol–water partition coefficient (Wildman–Crippen LogP) is 4.31. The van der Waals surface area contributed by atoms with Crippen molar-refractivity contribution in [2.75, 3.05) is 17.3 Å². The molecule has 0 bridgehead atoms. The fourth-order valence-corrected chi connectivity index (χ4v) is 3.29. The van der Waals surface area contributed by atoms with Crippen LogP contribution >= 0.6 is 0 Å². The summed E-state index contributed by atoms with van der Waals surface area (Å²) in [5.41, 5.74) is 3.48. The van der Waals surface area contributed by atoms with Crippen molar-refractivity contribution in [2.24, 2.45) is 0 Å². The van der Waals surface area contributed by atoms with Gasteiger partial charge >= 0.3 is 0 Å². The molecule has 5 heteroatoms. The normalized spacial score (nSPS) is 15.8. The van der Waals surface area contributed by atoms with Crippen molar-refractivity contribution in [1.82, 2.24) is 9.97 Å². The summed E-state index contributed by atoms with van der Waals surface area (Å²) in [7, 11) is 1.66. The van der Waals surface area contributed by atoms with Gasteiger partial charge in [0.1, 0.15) is 11.6 Å². The van der Waals surface area contributed by atoms with E-state index in [1.807, 2.05) is 30.3 Å². The van der Waals surface area contributed by atoms with Gasteiger partial charge in [0.2, 0.25) is 5.95 Å². The Hall–Kier alpha value is -3.08. The smallest absolute Gasteiger partial charge is 0.229 e. The molecular weight excluding hydrogens is 312 g/mol. The van der Waals surface area contributed by atoms with Gasteiger partial charge in [0.25, 0.3) is 0 Å². The highest BCUT2D eigenvalue weighted by Crippen LogP contribution is 2.37. The van der Waals surface area contributed by atoms with Gasteiger partial charge < -0.3 is 15.0 Å². The molecular formula is C20H20N4O. The second kappa shape index (κ2) is 6.43. The molecule has 0 amide bonds. The van der Waals surface area contributed by atoms with Crippen LogP contribution in [0.1, 0.15) is 12.5 Å². The lowest BCUT2D eigenvalue weighted by Crippen LogP contribution is -2.25. The molecule has 0 spiro atoms. The maximum absolute atomic E-state index is 5.26. The first-order valence-electron chi connectivity index (χ1n) is 8.36. The molecule has 1 unspecified atom stereocenters. The molecule has 1 aliphatic heterocycles. The van der Waals surface area contributed by atoms with E-state index in [-0.39, 0.29) is 0 Å². The zero-order chi connectivity index (χ0) is 17.2. The predicted molar refractivity (Wildman–Crippen MR) is 100 cm³/mol. The van der Waals surface area contributed by atoms with E-state index in [1.54, 1.807) is 13.3 Å². The fraction of sp³-hybridized carbons (Fsp3) is 0.200. The monoisotopic (exact) mass is 332 g/mol. The Labute approximate surface area is 147 Å². The first-order chi connectivity index (χ1) is 12.2. The van der Waals surface area contributed by atoms with Crippen molar-refractivity contribution in [3.63, 3.8) is 0 Å². The van der Waals surface area contributed by atoms with Crippen molar-refractivity contribution in [1.29, 1.82) is 0 Å². The zero-order valence-corrected chi connectivity index (χ0v) is 14.3. The Morgan fingerprint density at radius 3 is 2.88 bits per heavy atom. The van der Waals surface area contributed by atoms with Crippen LogP contribution in [0, 0.1) is 0 Å². The molecule has 2 aromatic carbocycles. The number of benzene rings is 2. The van der Waals surface area contributed by atoms with E-state index in [9.17, 15) is 0 Å². The highest BCUT2D eigenvalue weighted by atomic mass is 16.5. The molecule has 25 heavy (non-hydrogen) atoms. The number of fused-ring (bicyclic) bond motifs is 1. The molecule has 3 aromatic rings. The van der Waals surface area contributed by atoms with E-state index >= 15 is 0 Å². The van der Waals surface area contributed by atoms with E-state index in [0.29, 0.717) is 12.0 Å². The van der Waals surface area contributed by atoms with Crippen molar-refractivity contribution < 1.29 is 4.74 Å². The van der Waals surface area contributed by atoms with Crippen LogP contribution in [0.2, 0.25) is 0 Å². The van der Waals surface area contributed by atoms with Gasteiger partial charge in [-0.05, 0) is 43.2 Å². The molecule has 1 N–H and O–H groups in total. The maximum Gasteiger partial charge on any atom is 0.229 e. The van der Waals surface area contributed by atoms with Crippen molar-refractivity contribution in [2.45, 2.75) is 19.4 Å². The van der Waals surface area contributed by atoms with Crippen molar-refractivity contribution in [3.05, 3.63) is 66.4 Å². The Morgan fingerprint density at radius 2 is 2.00 bits per heavy atom. The molecule has 4 rings (SSSR count). The van der Waals surface area contributed by atoms with Crippen LogP contribution in [0.25, 0.3) is 0 Å². The van der Waals surface area contributed by atoms with Crippen LogP contribution in [0.3, 0.4) is 0 Å². The lowest BCUT2D eigenvalue weighted by atomic mass is 10.1. The SMILES string of the molecule is COc1cccc(Nc2nccc(N3c4ccccc4CC3C)n2)c1. The average molecular weight is 332 g/mol. The molecule has 1 aliphatic rings. The largest absolute Gasteiger partial charge is 0.497 e. The molecule has 2 heterocycles. The van der Waals surface area contributed by atoms with Crippen LogP contribution in [0.4, 0.5) is 23.1 Å². The summed E-state index contributed by atoms with van der Waals surface area (Å²) in [5.74, 6) is 2.27. The quantitative estimate of drug-likeness (QED) is 0.771. The number of hydrogen-bond acceptors (Lipinski definition) is 5. The molecule has 1 aromatic heterocycles. The van der Waals surface area contributed by atoms with Gasteiger partial charge in [-0.3, -0.25) is 0 Å². The number of para-hydroxylation sites is 1. The van der Waals surface area contributed by atoms with E-state index < -0.39 is 0 Å². The van der Waals surface area contributed by atoms with E-state index in [0.717, 1.165) is 23.7 Å². The number of aromatic nitrogens is 2. The second-order valence-corrected chi connectivity index (χ2v) is 6.15. The molecule has 0 radical (unpaired) electrons. The minimum atomic E-state index is 0.372. The molecule has 0 saturated carbocycles. The summed E-state index contributed by atoms with van der Waals surface area (Å²) >= 11 is 0. The zero-order valence-electron chi connectivity index (χ0n) is 14.3. The first-order valence-corrected chi connectivity index (χ1v) is 8.36. The third-order valence-electron chi connectivity index (χ3n) is 4.42. The van der Waals surface area contributed by atoms with Gasteiger partial charge in [-0.1, -0.05) is 24.3 Å². The Morgan fingerprint density at radius 1 is 1.12 bits per heavy atom. The highest BCUT2D eigenvalue weighted by Gasteiger charge is 2.27. The number of hydrogen-bond donors (Lipinski definition) is 1. The average Bonchev–Trinajstić information content (AvgIpc) is 2.98. The first kappa shape index (κ1) is 15.4. The molecule has 0 saturated heterocycles. The van der Waals surface area contributed by atoms with Crippen LogP contribution in [-0.2, 0) is 6.42 Å². The third-order valence-corrected chi connectivity index (χ3v) is 4.42. The highest BCUT2D eigenvalue weighted by molar-refractivity contribution is 5.69. The van der Waals surface area contributed by atoms with Gasteiger partial charge in [-0.15, -0.1) is 0 Å². The van der Waals surface area contributed by atoms with E-state index in [2.05, 4.69) is 46.4 Å².